The number of halogens is 2. The molecule has 0 aromatic carbocycles. The maximum Gasteiger partial charge on any atom is 0.250 e. The van der Waals surface area contributed by atoms with E-state index >= 15 is 4.39 Å². The normalized spacial score (nSPS) is 45.4. The third-order valence-corrected chi connectivity index (χ3v) is 9.86. The van der Waals surface area contributed by atoms with Crippen LogP contribution in [-0.2, 0) is 11.3 Å². The first-order valence-electron chi connectivity index (χ1n) is 12.1. The van der Waals surface area contributed by atoms with Gasteiger partial charge in [-0.1, -0.05) is 6.92 Å². The quantitative estimate of drug-likeness (QED) is 0.739. The summed E-state index contributed by atoms with van der Waals surface area (Å²) < 4.78 is 31.4. The molecule has 5 nitrogen and oxygen atoms in total. The maximum atomic E-state index is 16.4. The molecule has 4 fully saturated rings. The van der Waals surface area contributed by atoms with E-state index in [1.165, 1.54) is 10.9 Å². The molecule has 4 saturated carbocycles. The molecule has 4 aliphatic carbocycles. The van der Waals surface area contributed by atoms with E-state index < -0.39 is 17.2 Å². The molecular weight excluding hydrogens is 412 g/mol. The van der Waals surface area contributed by atoms with Crippen LogP contribution in [0, 0.1) is 52.3 Å². The fourth-order valence-electron chi connectivity index (χ4n) is 8.33. The molecule has 8 atom stereocenters. The predicted molar refractivity (Wildman–Crippen MR) is 113 cm³/mol. The van der Waals surface area contributed by atoms with Crippen LogP contribution in [0.3, 0.4) is 0 Å². The lowest BCUT2D eigenvalue weighted by atomic mass is 9.48. The summed E-state index contributed by atoms with van der Waals surface area (Å²) >= 11 is 0. The van der Waals surface area contributed by atoms with Gasteiger partial charge in [-0.2, -0.15) is 9.65 Å². The Labute approximate surface area is 188 Å². The fraction of sp³-hybridized carbons (Fsp3) is 0.800. The van der Waals surface area contributed by atoms with Gasteiger partial charge in [0, 0.05) is 12.1 Å². The number of hydrogen-bond donors (Lipinski definition) is 1. The van der Waals surface area contributed by atoms with Crippen molar-refractivity contribution in [3.63, 3.8) is 0 Å². The molecule has 32 heavy (non-hydrogen) atoms. The van der Waals surface area contributed by atoms with Crippen molar-refractivity contribution >= 4 is 5.78 Å². The second kappa shape index (κ2) is 7.35. The van der Waals surface area contributed by atoms with Gasteiger partial charge >= 0.3 is 0 Å². The average Bonchev–Trinajstić information content (AvgIpc) is 3.27. The summed E-state index contributed by atoms with van der Waals surface area (Å²) in [6.07, 6.45) is 7.98. The maximum absolute atomic E-state index is 16.4. The summed E-state index contributed by atoms with van der Waals surface area (Å²) in [4.78, 5) is 13.2. The Morgan fingerprint density at radius 3 is 2.72 bits per heavy atom. The number of aliphatic hydroxyl groups is 1. The Morgan fingerprint density at radius 2 is 2.00 bits per heavy atom. The molecular formula is C25H33F2N3O2. The number of hydrogen-bond acceptors (Lipinski definition) is 4. The summed E-state index contributed by atoms with van der Waals surface area (Å²) in [7, 11) is 0. The third-order valence-electron chi connectivity index (χ3n) is 9.86. The van der Waals surface area contributed by atoms with Crippen LogP contribution in [0.4, 0.5) is 8.78 Å². The van der Waals surface area contributed by atoms with E-state index in [1.807, 2.05) is 6.92 Å². The fourth-order valence-corrected chi connectivity index (χ4v) is 8.33. The number of aromatic nitrogens is 2. The number of nitriles is 1. The van der Waals surface area contributed by atoms with Gasteiger partial charge in [-0.15, -0.1) is 5.10 Å². The van der Waals surface area contributed by atoms with E-state index in [1.54, 1.807) is 6.07 Å². The van der Waals surface area contributed by atoms with Crippen molar-refractivity contribution in [2.24, 2.45) is 35.0 Å². The predicted octanol–water partition coefficient (Wildman–Crippen LogP) is 4.57. The van der Waals surface area contributed by atoms with Crippen LogP contribution in [0.5, 0.6) is 0 Å². The minimum Gasteiger partial charge on any atom is -0.390 e. The smallest absolute Gasteiger partial charge is 0.250 e. The zero-order chi connectivity index (χ0) is 22.9. The van der Waals surface area contributed by atoms with Crippen molar-refractivity contribution in [3.8, 4) is 6.07 Å². The Balaban J connectivity index is 1.34. The SMILES string of the molecule is C[C@@]1(O)CCC2(F)C(CC[C@@H]3[C@@H]2CC[C@]2(C)[C@@H](C(=O)Cn4cc(C#N)c(F)n4)CC[C@@H]32)C1. The summed E-state index contributed by atoms with van der Waals surface area (Å²) in [6, 6.07) is 1.75. The van der Waals surface area contributed by atoms with Crippen LogP contribution in [-0.4, -0.2) is 31.9 Å². The number of alkyl halides is 1. The monoisotopic (exact) mass is 445 g/mol. The molecule has 0 radical (unpaired) electrons. The molecule has 1 aromatic rings. The van der Waals surface area contributed by atoms with Gasteiger partial charge in [0.15, 0.2) is 5.78 Å². The number of carbonyl (C=O) groups is 1. The van der Waals surface area contributed by atoms with Crippen molar-refractivity contribution in [2.75, 3.05) is 0 Å². The Morgan fingerprint density at radius 1 is 1.22 bits per heavy atom. The second-order valence-electron chi connectivity index (χ2n) is 11.6. The van der Waals surface area contributed by atoms with Crippen molar-refractivity contribution in [3.05, 3.63) is 17.7 Å². The van der Waals surface area contributed by atoms with Gasteiger partial charge in [0.2, 0.25) is 5.95 Å². The van der Waals surface area contributed by atoms with Crippen LogP contribution in [0.2, 0.25) is 0 Å². The topological polar surface area (TPSA) is 78.9 Å². The molecule has 1 N–H and O–H groups in total. The molecule has 1 heterocycles. The van der Waals surface area contributed by atoms with Crippen LogP contribution in [0.25, 0.3) is 0 Å². The Kier molecular flexibility index (Phi) is 5.05. The van der Waals surface area contributed by atoms with E-state index in [2.05, 4.69) is 12.0 Å². The minimum atomic E-state index is -1.19. The molecule has 0 saturated heterocycles. The molecule has 174 valence electrons. The Hall–Kier alpha value is -1.81. The van der Waals surface area contributed by atoms with Crippen LogP contribution in [0.1, 0.15) is 77.2 Å². The lowest BCUT2D eigenvalue weighted by molar-refractivity contribution is -0.166. The van der Waals surface area contributed by atoms with Crippen LogP contribution >= 0.6 is 0 Å². The van der Waals surface area contributed by atoms with E-state index in [0.29, 0.717) is 31.1 Å². The molecule has 0 aliphatic heterocycles. The number of rotatable bonds is 3. The second-order valence-corrected chi connectivity index (χ2v) is 11.6. The van der Waals surface area contributed by atoms with E-state index in [-0.39, 0.29) is 41.1 Å². The van der Waals surface area contributed by atoms with Gasteiger partial charge in [-0.25, -0.2) is 4.39 Å². The molecule has 0 bridgehead atoms. The summed E-state index contributed by atoms with van der Waals surface area (Å²) in [5.41, 5.74) is -2.25. The molecule has 0 spiro atoms. The zero-order valence-corrected chi connectivity index (χ0v) is 19.0. The van der Waals surface area contributed by atoms with Crippen molar-refractivity contribution in [1.29, 1.82) is 5.26 Å². The summed E-state index contributed by atoms with van der Waals surface area (Å²) in [5, 5.41) is 23.1. The average molecular weight is 446 g/mol. The number of Topliss-reactive ketones (excluding diaryl/α,β-unsaturated/α-hetero) is 1. The highest BCUT2D eigenvalue weighted by atomic mass is 19.1. The number of ketones is 1. The Bertz CT molecular complexity index is 969. The van der Waals surface area contributed by atoms with Crippen LogP contribution in [0.15, 0.2) is 6.20 Å². The summed E-state index contributed by atoms with van der Waals surface area (Å²) in [6.45, 7) is 4.02. The van der Waals surface area contributed by atoms with Gasteiger partial charge in [-0.3, -0.25) is 9.48 Å². The standard InChI is InChI=1S/C25H33F2N3O2/c1-23(32)9-10-25(27)16(11-23)3-4-17-18-5-6-20(24(18,2)8-7-19(17)25)21(31)14-30-13-15(12-28)22(26)29-30/h13,16-20,32H,3-11,14H2,1-2H3/t16?,17-,18-,19-,20+,23+,24-,25?/m0/s1. The number of carbonyl (C=O) groups excluding carboxylic acids is 1. The van der Waals surface area contributed by atoms with Gasteiger partial charge in [0.05, 0.1) is 12.1 Å². The van der Waals surface area contributed by atoms with Crippen molar-refractivity contribution in [2.45, 2.75) is 89.4 Å². The van der Waals surface area contributed by atoms with Crippen LogP contribution < -0.4 is 0 Å². The van der Waals surface area contributed by atoms with Gasteiger partial charge in [0.25, 0.3) is 0 Å². The lowest BCUT2D eigenvalue weighted by Crippen LogP contribution is -2.58. The first kappa shape index (κ1) is 22.0. The molecule has 7 heteroatoms. The van der Waals surface area contributed by atoms with E-state index in [9.17, 15) is 14.3 Å². The highest BCUT2D eigenvalue weighted by molar-refractivity contribution is 5.82. The van der Waals surface area contributed by atoms with Gasteiger partial charge < -0.3 is 5.11 Å². The molecule has 0 amide bonds. The van der Waals surface area contributed by atoms with Crippen molar-refractivity contribution < 1.29 is 18.7 Å². The molecule has 2 unspecified atom stereocenters. The van der Waals surface area contributed by atoms with E-state index in [4.69, 9.17) is 5.26 Å². The molecule has 1 aromatic heterocycles. The van der Waals surface area contributed by atoms with Crippen molar-refractivity contribution in [1.82, 2.24) is 9.78 Å². The number of fused-ring (bicyclic) bond motifs is 5. The first-order chi connectivity index (χ1) is 15.1. The molecule has 5 rings (SSSR count). The van der Waals surface area contributed by atoms with Gasteiger partial charge in [0.1, 0.15) is 17.3 Å². The van der Waals surface area contributed by atoms with E-state index in [0.717, 1.165) is 38.5 Å². The zero-order valence-electron chi connectivity index (χ0n) is 19.0. The minimum absolute atomic E-state index is 0.0239. The number of nitrogens with zero attached hydrogens (tertiary/aromatic N) is 3. The first-order valence-corrected chi connectivity index (χ1v) is 12.1. The lowest BCUT2D eigenvalue weighted by Gasteiger charge is -2.59. The highest BCUT2D eigenvalue weighted by Gasteiger charge is 2.63. The third kappa shape index (κ3) is 3.24. The highest BCUT2D eigenvalue weighted by Crippen LogP contribution is 2.66. The summed E-state index contributed by atoms with van der Waals surface area (Å²) in [5.74, 6) is -0.335. The molecule has 4 aliphatic rings. The van der Waals surface area contributed by atoms with Gasteiger partial charge in [-0.05, 0) is 93.8 Å². The largest absolute Gasteiger partial charge is 0.390 e.